The van der Waals surface area contributed by atoms with E-state index in [1.807, 2.05) is 0 Å². The Hall–Kier alpha value is -0.0400. The van der Waals surface area contributed by atoms with Gasteiger partial charge in [0.05, 0.1) is 6.10 Å². The van der Waals surface area contributed by atoms with E-state index in [4.69, 9.17) is 0 Å². The average molecular weight is 194 g/mol. The van der Waals surface area contributed by atoms with Gasteiger partial charge in [0, 0.05) is 0 Å². The van der Waals surface area contributed by atoms with E-state index in [2.05, 4.69) is 6.92 Å². The zero-order valence-corrected chi connectivity index (χ0v) is 9.15. The van der Waals surface area contributed by atoms with E-state index in [1.54, 1.807) is 0 Å². The van der Waals surface area contributed by atoms with Gasteiger partial charge in [0.15, 0.2) is 0 Å². The van der Waals surface area contributed by atoms with Gasteiger partial charge in [-0.25, -0.2) is 0 Å². The summed E-state index contributed by atoms with van der Waals surface area (Å²) in [6, 6.07) is 0. The van der Waals surface area contributed by atoms with E-state index >= 15 is 0 Å². The summed E-state index contributed by atoms with van der Waals surface area (Å²) >= 11 is 0. The molecule has 3 fully saturated rings. The zero-order valence-electron chi connectivity index (χ0n) is 9.15. The van der Waals surface area contributed by atoms with Crippen molar-refractivity contribution in [1.82, 2.24) is 0 Å². The monoisotopic (exact) mass is 194 g/mol. The molecule has 0 aromatic carbocycles. The van der Waals surface area contributed by atoms with E-state index in [0.717, 1.165) is 30.1 Å². The highest BCUT2D eigenvalue weighted by Gasteiger charge is 2.52. The Labute approximate surface area is 86.9 Å². The Kier molecular flexibility index (Phi) is 2.12. The van der Waals surface area contributed by atoms with Gasteiger partial charge in [-0.3, -0.25) is 0 Å². The summed E-state index contributed by atoms with van der Waals surface area (Å²) in [4.78, 5) is 0. The van der Waals surface area contributed by atoms with Crippen LogP contribution >= 0.6 is 0 Å². The third-order valence-corrected chi connectivity index (χ3v) is 4.91. The van der Waals surface area contributed by atoms with E-state index < -0.39 is 0 Å². The van der Waals surface area contributed by atoms with Crippen molar-refractivity contribution in [3.05, 3.63) is 0 Å². The maximum absolute atomic E-state index is 9.72. The molecule has 3 aliphatic rings. The largest absolute Gasteiger partial charge is 0.393 e. The minimum absolute atomic E-state index is 0.0139. The second kappa shape index (κ2) is 3.23. The van der Waals surface area contributed by atoms with Crippen LogP contribution in [0.15, 0.2) is 0 Å². The zero-order chi connectivity index (χ0) is 9.71. The fraction of sp³-hybridized carbons (Fsp3) is 1.00. The van der Waals surface area contributed by atoms with Crippen LogP contribution in [0.3, 0.4) is 0 Å². The molecule has 1 N–H and O–H groups in total. The molecule has 0 bridgehead atoms. The van der Waals surface area contributed by atoms with Gasteiger partial charge in [-0.15, -0.1) is 0 Å². The molecule has 0 radical (unpaired) electrons. The van der Waals surface area contributed by atoms with Crippen molar-refractivity contribution in [1.29, 1.82) is 0 Å². The van der Waals surface area contributed by atoms with Crippen LogP contribution in [-0.2, 0) is 0 Å². The molecule has 0 spiro atoms. The summed E-state index contributed by atoms with van der Waals surface area (Å²) in [7, 11) is 0. The van der Waals surface area contributed by atoms with Gasteiger partial charge in [0.2, 0.25) is 0 Å². The van der Waals surface area contributed by atoms with Crippen molar-refractivity contribution in [2.75, 3.05) is 0 Å². The van der Waals surface area contributed by atoms with Gasteiger partial charge < -0.3 is 5.11 Å². The third-order valence-electron chi connectivity index (χ3n) is 4.91. The fourth-order valence-corrected chi connectivity index (χ4v) is 3.53. The van der Waals surface area contributed by atoms with Crippen LogP contribution < -0.4 is 0 Å². The molecular formula is C13H22O. The molecule has 3 atom stereocenters. The lowest BCUT2D eigenvalue weighted by Gasteiger charge is -2.36. The molecule has 1 heteroatoms. The molecule has 3 saturated carbocycles. The Morgan fingerprint density at radius 2 is 1.79 bits per heavy atom. The molecule has 0 saturated heterocycles. The SMILES string of the molecule is CCC(O)C1CC1C1CC(C2CC2)C1. The highest BCUT2D eigenvalue weighted by Crippen LogP contribution is 2.59. The van der Waals surface area contributed by atoms with E-state index in [0.29, 0.717) is 5.92 Å². The van der Waals surface area contributed by atoms with Crippen molar-refractivity contribution in [2.24, 2.45) is 29.6 Å². The lowest BCUT2D eigenvalue weighted by atomic mass is 9.69. The van der Waals surface area contributed by atoms with Crippen molar-refractivity contribution in [3.8, 4) is 0 Å². The van der Waals surface area contributed by atoms with Crippen LogP contribution in [0.4, 0.5) is 0 Å². The number of aliphatic hydroxyl groups is 1. The molecule has 1 nitrogen and oxygen atoms in total. The molecule has 0 aromatic heterocycles. The summed E-state index contributed by atoms with van der Waals surface area (Å²) in [6.45, 7) is 2.10. The Bertz CT molecular complexity index is 215. The third kappa shape index (κ3) is 1.50. The molecule has 0 aromatic rings. The highest BCUT2D eigenvalue weighted by atomic mass is 16.3. The van der Waals surface area contributed by atoms with Crippen LogP contribution in [0.2, 0.25) is 0 Å². The number of aliphatic hydroxyl groups excluding tert-OH is 1. The molecule has 80 valence electrons. The summed E-state index contributed by atoms with van der Waals surface area (Å²) < 4.78 is 0. The van der Waals surface area contributed by atoms with Crippen LogP contribution in [-0.4, -0.2) is 11.2 Å². The maximum atomic E-state index is 9.72. The van der Waals surface area contributed by atoms with E-state index in [-0.39, 0.29) is 6.10 Å². The van der Waals surface area contributed by atoms with Gasteiger partial charge in [-0.1, -0.05) is 6.92 Å². The van der Waals surface area contributed by atoms with Gasteiger partial charge in [0.1, 0.15) is 0 Å². The predicted molar refractivity (Wildman–Crippen MR) is 56.8 cm³/mol. The maximum Gasteiger partial charge on any atom is 0.0568 e. The van der Waals surface area contributed by atoms with Crippen LogP contribution in [0, 0.1) is 29.6 Å². The first-order valence-corrected chi connectivity index (χ1v) is 6.47. The second-order valence-electron chi connectivity index (χ2n) is 5.87. The number of hydrogen-bond donors (Lipinski definition) is 1. The summed E-state index contributed by atoms with van der Waals surface area (Å²) in [6.07, 6.45) is 8.34. The minimum atomic E-state index is 0.0139. The van der Waals surface area contributed by atoms with Crippen molar-refractivity contribution in [3.63, 3.8) is 0 Å². The quantitative estimate of drug-likeness (QED) is 0.729. The normalized spacial score (nSPS) is 48.4. The lowest BCUT2D eigenvalue weighted by Crippen LogP contribution is -2.28. The van der Waals surface area contributed by atoms with E-state index in [1.165, 1.54) is 32.1 Å². The molecule has 0 aliphatic heterocycles. The first kappa shape index (κ1) is 9.21. The standard InChI is InChI=1S/C13H22O/c1-2-13(14)12-7-11(12)10-5-9(6-10)8-3-4-8/h8-14H,2-7H2,1H3. The molecule has 0 heterocycles. The summed E-state index contributed by atoms with van der Waals surface area (Å²) in [5.74, 6) is 4.83. The van der Waals surface area contributed by atoms with Crippen molar-refractivity contribution >= 4 is 0 Å². The second-order valence-corrected chi connectivity index (χ2v) is 5.87. The highest BCUT2D eigenvalue weighted by molar-refractivity contribution is 5.01. The molecule has 14 heavy (non-hydrogen) atoms. The van der Waals surface area contributed by atoms with E-state index in [9.17, 15) is 5.11 Å². The molecule has 0 amide bonds. The van der Waals surface area contributed by atoms with Gasteiger partial charge in [-0.2, -0.15) is 0 Å². The van der Waals surface area contributed by atoms with Crippen LogP contribution in [0.1, 0.15) is 45.4 Å². The minimum Gasteiger partial charge on any atom is -0.393 e. The van der Waals surface area contributed by atoms with Crippen molar-refractivity contribution in [2.45, 2.75) is 51.6 Å². The molecular weight excluding hydrogens is 172 g/mol. The Morgan fingerprint density at radius 1 is 1.07 bits per heavy atom. The van der Waals surface area contributed by atoms with Crippen molar-refractivity contribution < 1.29 is 5.11 Å². The average Bonchev–Trinajstić information content (AvgIpc) is 2.92. The fourth-order valence-electron chi connectivity index (χ4n) is 3.53. The summed E-state index contributed by atoms with van der Waals surface area (Å²) in [5.41, 5.74) is 0. The number of hydrogen-bond acceptors (Lipinski definition) is 1. The first-order valence-electron chi connectivity index (χ1n) is 6.47. The number of rotatable bonds is 4. The summed E-state index contributed by atoms with van der Waals surface area (Å²) in [5, 5.41) is 9.72. The van der Waals surface area contributed by atoms with Crippen LogP contribution in [0.5, 0.6) is 0 Å². The first-order chi connectivity index (χ1) is 6.79. The van der Waals surface area contributed by atoms with Gasteiger partial charge in [-0.05, 0) is 68.1 Å². The Balaban J connectivity index is 1.43. The van der Waals surface area contributed by atoms with Crippen LogP contribution in [0.25, 0.3) is 0 Å². The van der Waals surface area contributed by atoms with Gasteiger partial charge in [0.25, 0.3) is 0 Å². The molecule has 3 aliphatic carbocycles. The molecule has 3 rings (SSSR count). The molecule has 3 unspecified atom stereocenters. The predicted octanol–water partition coefficient (Wildman–Crippen LogP) is 2.83. The lowest BCUT2D eigenvalue weighted by molar-refractivity contribution is 0.101. The van der Waals surface area contributed by atoms with Gasteiger partial charge >= 0.3 is 0 Å². The smallest absolute Gasteiger partial charge is 0.0568 e. The Morgan fingerprint density at radius 3 is 2.36 bits per heavy atom. The topological polar surface area (TPSA) is 20.2 Å².